The molecule has 3 rings (SSSR count). The standard InChI is InChI=1S/C15H15N3O3/c1-17-13(12(8-16-17)15(20)21)14(19)18-7-6-10-4-2-3-5-11(10)9-18/h2-5,8H,6-7,9H2,1H3,(H,20,21). The summed E-state index contributed by atoms with van der Waals surface area (Å²) in [6.07, 6.45) is 2.00. The van der Waals surface area contributed by atoms with Crippen LogP contribution in [0.25, 0.3) is 0 Å². The van der Waals surface area contributed by atoms with E-state index in [1.165, 1.54) is 16.4 Å². The Morgan fingerprint density at radius 3 is 2.67 bits per heavy atom. The van der Waals surface area contributed by atoms with E-state index in [0.29, 0.717) is 13.1 Å². The van der Waals surface area contributed by atoms with Crippen molar-refractivity contribution < 1.29 is 14.7 Å². The van der Waals surface area contributed by atoms with E-state index in [1.807, 2.05) is 18.2 Å². The van der Waals surface area contributed by atoms with E-state index in [9.17, 15) is 9.59 Å². The van der Waals surface area contributed by atoms with Gasteiger partial charge < -0.3 is 10.0 Å². The van der Waals surface area contributed by atoms with Gasteiger partial charge in [-0.25, -0.2) is 4.79 Å². The minimum atomic E-state index is -1.14. The molecule has 6 heteroatoms. The number of aromatic nitrogens is 2. The lowest BCUT2D eigenvalue weighted by molar-refractivity contribution is 0.0665. The molecule has 1 aliphatic rings. The first kappa shape index (κ1) is 13.4. The number of carboxylic acid groups (broad SMARTS) is 1. The molecule has 0 bridgehead atoms. The first-order valence-electron chi connectivity index (χ1n) is 6.69. The Morgan fingerprint density at radius 1 is 1.24 bits per heavy atom. The average molecular weight is 285 g/mol. The predicted molar refractivity (Wildman–Crippen MR) is 75.1 cm³/mol. The summed E-state index contributed by atoms with van der Waals surface area (Å²) in [6.45, 7) is 1.08. The summed E-state index contributed by atoms with van der Waals surface area (Å²) < 4.78 is 1.33. The summed E-state index contributed by atoms with van der Waals surface area (Å²) >= 11 is 0. The summed E-state index contributed by atoms with van der Waals surface area (Å²) in [7, 11) is 1.58. The molecule has 1 aromatic carbocycles. The molecule has 0 atom stereocenters. The van der Waals surface area contributed by atoms with Crippen LogP contribution in [-0.4, -0.2) is 38.2 Å². The smallest absolute Gasteiger partial charge is 0.339 e. The van der Waals surface area contributed by atoms with E-state index < -0.39 is 5.97 Å². The molecule has 0 radical (unpaired) electrons. The van der Waals surface area contributed by atoms with Crippen LogP contribution in [0.5, 0.6) is 0 Å². The number of hydrogen-bond acceptors (Lipinski definition) is 3. The van der Waals surface area contributed by atoms with Crippen LogP contribution in [0.15, 0.2) is 30.5 Å². The lowest BCUT2D eigenvalue weighted by Gasteiger charge is -2.29. The van der Waals surface area contributed by atoms with Gasteiger partial charge in [-0.2, -0.15) is 5.10 Å². The SMILES string of the molecule is Cn1ncc(C(=O)O)c1C(=O)N1CCc2ccccc2C1. The largest absolute Gasteiger partial charge is 0.478 e. The highest BCUT2D eigenvalue weighted by molar-refractivity contribution is 6.03. The Morgan fingerprint density at radius 2 is 1.95 bits per heavy atom. The topological polar surface area (TPSA) is 75.4 Å². The minimum absolute atomic E-state index is 0.0543. The maximum atomic E-state index is 12.6. The van der Waals surface area contributed by atoms with Crippen molar-refractivity contribution in [3.63, 3.8) is 0 Å². The van der Waals surface area contributed by atoms with E-state index in [-0.39, 0.29) is 17.2 Å². The number of hydrogen-bond donors (Lipinski definition) is 1. The molecule has 1 N–H and O–H groups in total. The number of carbonyl (C=O) groups excluding carboxylic acids is 1. The second kappa shape index (κ2) is 5.05. The number of amides is 1. The molecular formula is C15H15N3O3. The number of aromatic carboxylic acids is 1. The lowest BCUT2D eigenvalue weighted by Crippen LogP contribution is -2.37. The quantitative estimate of drug-likeness (QED) is 0.903. The van der Waals surface area contributed by atoms with E-state index in [0.717, 1.165) is 12.0 Å². The Bertz CT molecular complexity index is 721. The first-order chi connectivity index (χ1) is 10.1. The van der Waals surface area contributed by atoms with E-state index in [2.05, 4.69) is 11.2 Å². The van der Waals surface area contributed by atoms with Crippen LogP contribution in [0.4, 0.5) is 0 Å². The molecule has 2 heterocycles. The first-order valence-corrected chi connectivity index (χ1v) is 6.69. The van der Waals surface area contributed by atoms with E-state index >= 15 is 0 Å². The fraction of sp³-hybridized carbons (Fsp3) is 0.267. The van der Waals surface area contributed by atoms with Crippen molar-refractivity contribution in [3.8, 4) is 0 Å². The molecule has 6 nitrogen and oxygen atoms in total. The number of rotatable bonds is 2. The third kappa shape index (κ3) is 2.29. The molecule has 0 spiro atoms. The molecule has 108 valence electrons. The normalized spacial score (nSPS) is 13.9. The fourth-order valence-corrected chi connectivity index (χ4v) is 2.67. The van der Waals surface area contributed by atoms with Crippen molar-refractivity contribution in [1.29, 1.82) is 0 Å². The molecule has 0 aliphatic carbocycles. The molecule has 0 unspecified atom stereocenters. The second-order valence-corrected chi connectivity index (χ2v) is 5.08. The van der Waals surface area contributed by atoms with Gasteiger partial charge in [0.2, 0.25) is 0 Å². The molecule has 0 fully saturated rings. The Labute approximate surface area is 121 Å². The van der Waals surface area contributed by atoms with Crippen molar-refractivity contribution in [2.24, 2.45) is 7.05 Å². The zero-order valence-corrected chi connectivity index (χ0v) is 11.6. The van der Waals surface area contributed by atoms with Gasteiger partial charge in [0.25, 0.3) is 5.91 Å². The zero-order valence-electron chi connectivity index (χ0n) is 11.6. The third-order valence-electron chi connectivity index (χ3n) is 3.79. The summed E-state index contributed by atoms with van der Waals surface area (Å²) in [5, 5.41) is 13.0. The summed E-state index contributed by atoms with van der Waals surface area (Å²) in [5.74, 6) is -1.43. The lowest BCUT2D eigenvalue weighted by atomic mass is 9.99. The van der Waals surface area contributed by atoms with Gasteiger partial charge in [0.15, 0.2) is 0 Å². The maximum Gasteiger partial charge on any atom is 0.339 e. The monoisotopic (exact) mass is 285 g/mol. The molecule has 1 aliphatic heterocycles. The van der Waals surface area contributed by atoms with Gasteiger partial charge in [0.1, 0.15) is 11.3 Å². The van der Waals surface area contributed by atoms with Crippen LogP contribution in [0.3, 0.4) is 0 Å². The van der Waals surface area contributed by atoms with Gasteiger partial charge >= 0.3 is 5.97 Å². The van der Waals surface area contributed by atoms with Crippen LogP contribution >= 0.6 is 0 Å². The Hall–Kier alpha value is -2.63. The minimum Gasteiger partial charge on any atom is -0.478 e. The molecular weight excluding hydrogens is 270 g/mol. The number of benzene rings is 1. The van der Waals surface area contributed by atoms with Crippen LogP contribution in [-0.2, 0) is 20.0 Å². The van der Waals surface area contributed by atoms with Gasteiger partial charge in [-0.1, -0.05) is 24.3 Å². The summed E-state index contributed by atoms with van der Waals surface area (Å²) in [5.41, 5.74) is 2.42. The van der Waals surface area contributed by atoms with Gasteiger partial charge in [-0.15, -0.1) is 0 Å². The number of carbonyl (C=O) groups is 2. The second-order valence-electron chi connectivity index (χ2n) is 5.08. The highest BCUT2D eigenvalue weighted by Gasteiger charge is 2.28. The van der Waals surface area contributed by atoms with E-state index in [4.69, 9.17) is 5.11 Å². The molecule has 2 aromatic rings. The Kier molecular flexibility index (Phi) is 3.21. The number of aryl methyl sites for hydroxylation is 1. The molecule has 1 aromatic heterocycles. The number of fused-ring (bicyclic) bond motifs is 1. The zero-order chi connectivity index (χ0) is 15.0. The van der Waals surface area contributed by atoms with Crippen molar-refractivity contribution in [2.75, 3.05) is 6.54 Å². The van der Waals surface area contributed by atoms with Crippen molar-refractivity contribution in [3.05, 3.63) is 52.8 Å². The van der Waals surface area contributed by atoms with Gasteiger partial charge in [-0.3, -0.25) is 9.48 Å². The van der Waals surface area contributed by atoms with Crippen LogP contribution < -0.4 is 0 Å². The third-order valence-corrected chi connectivity index (χ3v) is 3.79. The van der Waals surface area contributed by atoms with Crippen molar-refractivity contribution in [2.45, 2.75) is 13.0 Å². The number of carboxylic acids is 1. The van der Waals surface area contributed by atoms with Gasteiger partial charge in [0, 0.05) is 20.1 Å². The predicted octanol–water partition coefficient (Wildman–Crippen LogP) is 1.32. The molecule has 1 amide bonds. The fourth-order valence-electron chi connectivity index (χ4n) is 2.67. The number of nitrogens with zero attached hydrogens (tertiary/aromatic N) is 3. The summed E-state index contributed by atoms with van der Waals surface area (Å²) in [4.78, 5) is 25.5. The van der Waals surface area contributed by atoms with Crippen molar-refractivity contribution in [1.82, 2.24) is 14.7 Å². The maximum absolute atomic E-state index is 12.6. The highest BCUT2D eigenvalue weighted by atomic mass is 16.4. The van der Waals surface area contributed by atoms with Crippen LogP contribution in [0.1, 0.15) is 32.0 Å². The van der Waals surface area contributed by atoms with Gasteiger partial charge in [0.05, 0.1) is 6.20 Å². The van der Waals surface area contributed by atoms with E-state index in [1.54, 1.807) is 11.9 Å². The van der Waals surface area contributed by atoms with Crippen LogP contribution in [0, 0.1) is 0 Å². The van der Waals surface area contributed by atoms with Gasteiger partial charge in [-0.05, 0) is 17.5 Å². The Balaban J connectivity index is 1.91. The molecule has 21 heavy (non-hydrogen) atoms. The molecule has 0 saturated carbocycles. The summed E-state index contributed by atoms with van der Waals surface area (Å²) in [6, 6.07) is 7.99. The van der Waals surface area contributed by atoms with Crippen molar-refractivity contribution >= 4 is 11.9 Å². The molecule has 0 saturated heterocycles. The highest BCUT2D eigenvalue weighted by Crippen LogP contribution is 2.21. The van der Waals surface area contributed by atoms with Crippen LogP contribution in [0.2, 0.25) is 0 Å². The average Bonchev–Trinajstić information content (AvgIpc) is 2.88.